The highest BCUT2D eigenvalue weighted by Crippen LogP contribution is 2.46. The molecule has 220 valence electrons. The highest BCUT2D eigenvalue weighted by atomic mass is 35.5. The Hall–Kier alpha value is -3.24. The van der Waals surface area contributed by atoms with Crippen LogP contribution in [0.1, 0.15) is 71.8 Å². The average molecular weight is 613 g/mol. The van der Waals surface area contributed by atoms with Crippen molar-refractivity contribution >= 4 is 40.1 Å². The number of carboxylic acids is 1. The van der Waals surface area contributed by atoms with Crippen molar-refractivity contribution < 1.29 is 28.6 Å². The lowest BCUT2D eigenvalue weighted by atomic mass is 10.1. The summed E-state index contributed by atoms with van der Waals surface area (Å²) in [4.78, 5) is 20.7. The van der Waals surface area contributed by atoms with Crippen LogP contribution in [-0.4, -0.2) is 52.1 Å². The summed E-state index contributed by atoms with van der Waals surface area (Å²) in [5.74, 6) is 0.815. The summed E-state index contributed by atoms with van der Waals surface area (Å²) < 4.78 is 23.5. The first-order chi connectivity index (χ1) is 20.5. The van der Waals surface area contributed by atoms with E-state index in [1.54, 1.807) is 24.5 Å². The lowest BCUT2D eigenvalue weighted by molar-refractivity contribution is 0.0261. The standard InChI is InChI=1S/C31H31Cl2N3O6/c32-24-15-34-16-25(33)27(24)29-23(30(42-36-29)18-4-5-18)17-40-12-2-1-3-19-6-7-21-22(31(37)38)8-9-26(28(21)35-19)41-20-10-13-39-14-11-20/h6-9,15-16,18,20H,1-5,10-14,17H2,(H,37,38). The van der Waals surface area contributed by atoms with Crippen LogP contribution in [0.2, 0.25) is 10.0 Å². The molecule has 2 fully saturated rings. The largest absolute Gasteiger partial charge is 0.488 e. The lowest BCUT2D eigenvalue weighted by Gasteiger charge is -2.24. The van der Waals surface area contributed by atoms with Crippen molar-refractivity contribution in [1.29, 1.82) is 0 Å². The molecule has 1 aliphatic carbocycles. The fourth-order valence-electron chi connectivity index (χ4n) is 5.27. The zero-order chi connectivity index (χ0) is 29.1. The molecule has 0 unspecified atom stereocenters. The van der Waals surface area contributed by atoms with Crippen LogP contribution in [0.25, 0.3) is 22.2 Å². The highest BCUT2D eigenvalue weighted by Gasteiger charge is 2.33. The van der Waals surface area contributed by atoms with E-state index < -0.39 is 5.97 Å². The van der Waals surface area contributed by atoms with Crippen molar-refractivity contribution in [3.8, 4) is 17.0 Å². The summed E-state index contributed by atoms with van der Waals surface area (Å²) in [5, 5.41) is 15.4. The van der Waals surface area contributed by atoms with Crippen molar-refractivity contribution in [1.82, 2.24) is 15.1 Å². The van der Waals surface area contributed by atoms with Crippen LogP contribution in [0, 0.1) is 0 Å². The normalized spacial score (nSPS) is 15.8. The molecular formula is C31H31Cl2N3O6. The van der Waals surface area contributed by atoms with Gasteiger partial charge in [-0.3, -0.25) is 4.98 Å². The van der Waals surface area contributed by atoms with Gasteiger partial charge in [0.2, 0.25) is 0 Å². The van der Waals surface area contributed by atoms with Gasteiger partial charge in [0.25, 0.3) is 0 Å². The fourth-order valence-corrected chi connectivity index (χ4v) is 5.82. The summed E-state index contributed by atoms with van der Waals surface area (Å²) in [6.07, 6.45) is 9.22. The van der Waals surface area contributed by atoms with E-state index in [1.807, 2.05) is 12.1 Å². The van der Waals surface area contributed by atoms with Gasteiger partial charge in [-0.05, 0) is 56.4 Å². The third-order valence-electron chi connectivity index (χ3n) is 7.65. The van der Waals surface area contributed by atoms with Crippen molar-refractivity contribution in [2.75, 3.05) is 19.8 Å². The molecule has 6 rings (SSSR count). The number of aryl methyl sites for hydroxylation is 1. The minimum atomic E-state index is -0.987. The van der Waals surface area contributed by atoms with E-state index in [-0.39, 0.29) is 11.7 Å². The van der Waals surface area contributed by atoms with Gasteiger partial charge >= 0.3 is 5.97 Å². The van der Waals surface area contributed by atoms with Crippen LogP contribution in [0.5, 0.6) is 5.75 Å². The lowest BCUT2D eigenvalue weighted by Crippen LogP contribution is -2.26. The number of carboxylic acid groups (broad SMARTS) is 1. The second-order valence-corrected chi connectivity index (χ2v) is 11.5. The molecule has 9 nitrogen and oxygen atoms in total. The number of aromatic carboxylic acids is 1. The van der Waals surface area contributed by atoms with Crippen LogP contribution in [-0.2, 0) is 22.5 Å². The zero-order valence-corrected chi connectivity index (χ0v) is 24.5. The molecule has 2 aliphatic rings. The van der Waals surface area contributed by atoms with E-state index >= 15 is 0 Å². The van der Waals surface area contributed by atoms with Gasteiger partial charge in [-0.1, -0.05) is 28.4 Å². The predicted molar refractivity (Wildman–Crippen MR) is 157 cm³/mol. The molecule has 11 heteroatoms. The molecule has 4 aromatic rings. The van der Waals surface area contributed by atoms with Crippen molar-refractivity contribution in [2.24, 2.45) is 0 Å². The fraction of sp³-hybridized carbons (Fsp3) is 0.419. The Kier molecular flexibility index (Phi) is 8.90. The number of benzene rings is 1. The molecule has 1 aliphatic heterocycles. The molecular weight excluding hydrogens is 581 g/mol. The quantitative estimate of drug-likeness (QED) is 0.165. The maximum Gasteiger partial charge on any atom is 0.336 e. The Balaban J connectivity index is 1.09. The third kappa shape index (κ3) is 6.39. The number of fused-ring (bicyclic) bond motifs is 1. The second-order valence-electron chi connectivity index (χ2n) is 10.7. The Labute approximate surface area is 253 Å². The number of unbranched alkanes of at least 4 members (excludes halogenated alkanes) is 1. The molecule has 0 radical (unpaired) electrons. The zero-order valence-electron chi connectivity index (χ0n) is 23.0. The summed E-state index contributed by atoms with van der Waals surface area (Å²) >= 11 is 12.8. The molecule has 1 saturated carbocycles. The molecule has 0 spiro atoms. The first-order valence-corrected chi connectivity index (χ1v) is 15.0. The van der Waals surface area contributed by atoms with Crippen LogP contribution in [0.4, 0.5) is 0 Å². The van der Waals surface area contributed by atoms with E-state index in [0.29, 0.717) is 70.3 Å². The molecule has 3 aromatic heterocycles. The van der Waals surface area contributed by atoms with Crippen LogP contribution in [0.3, 0.4) is 0 Å². The Morgan fingerprint density at radius 1 is 1.02 bits per heavy atom. The number of hydrogen-bond donors (Lipinski definition) is 1. The van der Waals surface area contributed by atoms with Crippen molar-refractivity contribution in [2.45, 2.75) is 63.6 Å². The molecule has 0 atom stereocenters. The maximum absolute atomic E-state index is 11.8. The molecule has 0 bridgehead atoms. The van der Waals surface area contributed by atoms with E-state index in [2.05, 4.69) is 10.1 Å². The number of pyridine rings is 2. The Morgan fingerprint density at radius 3 is 2.55 bits per heavy atom. The Bertz CT molecular complexity index is 1560. The molecule has 4 heterocycles. The first kappa shape index (κ1) is 28.9. The number of rotatable bonds is 12. The number of nitrogens with zero attached hydrogens (tertiary/aromatic N) is 3. The topological polar surface area (TPSA) is 117 Å². The van der Waals surface area contributed by atoms with Gasteiger partial charge in [-0.25, -0.2) is 9.78 Å². The van der Waals surface area contributed by atoms with Gasteiger partial charge in [0.15, 0.2) is 0 Å². The van der Waals surface area contributed by atoms with Crippen LogP contribution < -0.4 is 4.74 Å². The van der Waals surface area contributed by atoms with E-state index in [9.17, 15) is 9.90 Å². The molecule has 42 heavy (non-hydrogen) atoms. The molecule has 1 aromatic carbocycles. The van der Waals surface area contributed by atoms with E-state index in [1.165, 1.54) is 0 Å². The first-order valence-electron chi connectivity index (χ1n) is 14.3. The van der Waals surface area contributed by atoms with Crippen LogP contribution >= 0.6 is 23.2 Å². The van der Waals surface area contributed by atoms with E-state index in [0.717, 1.165) is 62.0 Å². The SMILES string of the molecule is O=C(O)c1ccc(OC2CCOCC2)c2nc(CCCCOCc3c(-c4c(Cl)cncc4Cl)noc3C3CC3)ccc12. The predicted octanol–water partition coefficient (Wildman–Crippen LogP) is 7.26. The molecule has 1 saturated heterocycles. The van der Waals surface area contributed by atoms with Gasteiger partial charge in [-0.2, -0.15) is 0 Å². The van der Waals surface area contributed by atoms with Gasteiger partial charge in [0, 0.05) is 60.0 Å². The second kappa shape index (κ2) is 13.0. The minimum absolute atomic E-state index is 0.0252. The van der Waals surface area contributed by atoms with Gasteiger partial charge in [0.05, 0.1) is 35.4 Å². The third-order valence-corrected chi connectivity index (χ3v) is 8.22. The van der Waals surface area contributed by atoms with Crippen molar-refractivity contribution in [3.05, 3.63) is 69.3 Å². The molecule has 1 N–H and O–H groups in total. The maximum atomic E-state index is 11.8. The number of hydrogen-bond acceptors (Lipinski definition) is 8. The van der Waals surface area contributed by atoms with Gasteiger partial charge in [-0.15, -0.1) is 0 Å². The minimum Gasteiger partial charge on any atom is -0.488 e. The smallest absolute Gasteiger partial charge is 0.336 e. The summed E-state index contributed by atoms with van der Waals surface area (Å²) in [6, 6.07) is 7.02. The Morgan fingerprint density at radius 2 is 1.81 bits per heavy atom. The van der Waals surface area contributed by atoms with Gasteiger partial charge < -0.3 is 23.8 Å². The monoisotopic (exact) mass is 611 g/mol. The summed E-state index contributed by atoms with van der Waals surface area (Å²) in [7, 11) is 0. The molecule has 0 amide bonds. The number of halogens is 2. The van der Waals surface area contributed by atoms with E-state index in [4.69, 9.17) is 46.9 Å². The number of carbonyl (C=O) groups is 1. The van der Waals surface area contributed by atoms with Crippen LogP contribution in [0.15, 0.2) is 41.2 Å². The highest BCUT2D eigenvalue weighted by molar-refractivity contribution is 6.38. The van der Waals surface area contributed by atoms with Crippen molar-refractivity contribution in [3.63, 3.8) is 0 Å². The number of aromatic nitrogens is 3. The number of ether oxygens (including phenoxy) is 3. The van der Waals surface area contributed by atoms with Gasteiger partial charge in [0.1, 0.15) is 28.8 Å². The summed E-state index contributed by atoms with van der Waals surface area (Å²) in [6.45, 7) is 2.20. The average Bonchev–Trinajstić information content (AvgIpc) is 3.75. The summed E-state index contributed by atoms with van der Waals surface area (Å²) in [5.41, 5.74) is 3.77.